The fraction of sp³-hybridized carbons (Fsp3) is 0.292. The van der Waals surface area contributed by atoms with Gasteiger partial charge in [-0.3, -0.25) is 19.5 Å². The first-order valence-corrected chi connectivity index (χ1v) is 10.9. The lowest BCUT2D eigenvalue weighted by Gasteiger charge is -2.39. The molecule has 2 atom stereocenters. The third kappa shape index (κ3) is 2.92. The van der Waals surface area contributed by atoms with Gasteiger partial charge < -0.3 is 9.80 Å². The molecule has 0 saturated heterocycles. The van der Waals surface area contributed by atoms with Gasteiger partial charge in [0.15, 0.2) is 5.82 Å². The van der Waals surface area contributed by atoms with Gasteiger partial charge >= 0.3 is 0 Å². The molecule has 1 fully saturated rings. The first-order valence-electron chi connectivity index (χ1n) is 10.9. The number of hydrogen-bond donors (Lipinski definition) is 0. The second-order valence-electron chi connectivity index (χ2n) is 8.69. The molecule has 3 aliphatic rings. The molecular formula is C24H21FN6O2. The molecule has 33 heavy (non-hydrogen) atoms. The third-order valence-electron chi connectivity index (χ3n) is 6.62. The number of likely N-dealkylation sites (N-methyl/N-ethyl adjacent to an activating group) is 1. The van der Waals surface area contributed by atoms with Crippen molar-refractivity contribution in [2.75, 3.05) is 21.7 Å². The highest BCUT2D eigenvalue weighted by Gasteiger charge is 2.45. The Morgan fingerprint density at radius 3 is 2.67 bits per heavy atom. The van der Waals surface area contributed by atoms with Crippen molar-refractivity contribution in [1.29, 1.82) is 0 Å². The number of amides is 2. The number of carbonyl (C=O) groups is 2. The van der Waals surface area contributed by atoms with E-state index in [-0.39, 0.29) is 35.4 Å². The summed E-state index contributed by atoms with van der Waals surface area (Å²) in [4.78, 5) is 44.9. The third-order valence-corrected chi connectivity index (χ3v) is 6.62. The maximum atomic E-state index is 14.0. The number of halogens is 1. The van der Waals surface area contributed by atoms with E-state index >= 15 is 0 Å². The molecule has 2 aromatic heterocycles. The van der Waals surface area contributed by atoms with Crippen molar-refractivity contribution < 1.29 is 14.0 Å². The molecule has 0 radical (unpaired) electrons. The number of hydrogen-bond acceptors (Lipinski definition) is 6. The Morgan fingerprint density at radius 2 is 1.94 bits per heavy atom. The van der Waals surface area contributed by atoms with Gasteiger partial charge in [0.05, 0.1) is 12.2 Å². The maximum absolute atomic E-state index is 14.0. The topological polar surface area (TPSA) is 82.5 Å². The van der Waals surface area contributed by atoms with Crippen molar-refractivity contribution >= 4 is 29.3 Å². The minimum atomic E-state index is -0.533. The van der Waals surface area contributed by atoms with Crippen molar-refractivity contribution in [2.45, 2.75) is 37.9 Å². The number of rotatable bonds is 3. The van der Waals surface area contributed by atoms with Gasteiger partial charge in [-0.15, -0.1) is 0 Å². The SMILES string of the molecule is C[C@@H]1C(=O)N(C)c2cnc(N3C(=O)c4cc(F)ccc4C3c3cccnc3)nc2N1C1CC1. The Kier molecular flexibility index (Phi) is 4.23. The fourth-order valence-electron chi connectivity index (χ4n) is 4.85. The van der Waals surface area contributed by atoms with Crippen LogP contribution in [0.3, 0.4) is 0 Å². The highest BCUT2D eigenvalue weighted by Crippen LogP contribution is 2.44. The van der Waals surface area contributed by atoms with E-state index in [1.165, 1.54) is 17.0 Å². The summed E-state index contributed by atoms with van der Waals surface area (Å²) in [7, 11) is 1.71. The summed E-state index contributed by atoms with van der Waals surface area (Å²) in [5.41, 5.74) is 2.35. The van der Waals surface area contributed by atoms with Crippen LogP contribution >= 0.6 is 0 Å². The molecule has 0 N–H and O–H groups in total. The molecule has 3 aromatic rings. The van der Waals surface area contributed by atoms with E-state index in [9.17, 15) is 14.0 Å². The molecule has 1 unspecified atom stereocenters. The lowest BCUT2D eigenvalue weighted by atomic mass is 9.99. The largest absolute Gasteiger partial charge is 0.340 e. The molecule has 2 amide bonds. The van der Waals surface area contributed by atoms with Gasteiger partial charge in [0.2, 0.25) is 11.9 Å². The lowest BCUT2D eigenvalue weighted by Crippen LogP contribution is -2.52. The number of nitrogens with zero attached hydrogens (tertiary/aromatic N) is 6. The van der Waals surface area contributed by atoms with Crippen LogP contribution in [0.25, 0.3) is 0 Å². The highest BCUT2D eigenvalue weighted by molar-refractivity contribution is 6.11. The summed E-state index contributed by atoms with van der Waals surface area (Å²) in [5, 5.41) is 0. The van der Waals surface area contributed by atoms with E-state index in [2.05, 4.69) is 9.97 Å². The normalized spacial score (nSPS) is 22.0. The molecule has 0 spiro atoms. The number of aromatic nitrogens is 3. The van der Waals surface area contributed by atoms with Crippen LogP contribution < -0.4 is 14.7 Å². The summed E-state index contributed by atoms with van der Waals surface area (Å²) in [6, 6.07) is 7.26. The van der Waals surface area contributed by atoms with Crippen LogP contribution in [0, 0.1) is 5.82 Å². The van der Waals surface area contributed by atoms with Gasteiger partial charge in [0, 0.05) is 31.0 Å². The maximum Gasteiger partial charge on any atom is 0.261 e. The Labute approximate surface area is 189 Å². The zero-order valence-corrected chi connectivity index (χ0v) is 18.1. The molecule has 8 nitrogen and oxygen atoms in total. The van der Waals surface area contributed by atoms with Crippen molar-refractivity contribution in [1.82, 2.24) is 15.0 Å². The average Bonchev–Trinajstić information content (AvgIpc) is 3.62. The van der Waals surface area contributed by atoms with E-state index in [0.717, 1.165) is 18.4 Å². The zero-order chi connectivity index (χ0) is 22.9. The summed E-state index contributed by atoms with van der Waals surface area (Å²) >= 11 is 0. The molecule has 2 aliphatic heterocycles. The van der Waals surface area contributed by atoms with Crippen LogP contribution in [0.1, 0.15) is 47.3 Å². The highest BCUT2D eigenvalue weighted by atomic mass is 19.1. The average molecular weight is 444 g/mol. The predicted molar refractivity (Wildman–Crippen MR) is 120 cm³/mol. The first kappa shape index (κ1) is 19.8. The molecule has 9 heteroatoms. The van der Waals surface area contributed by atoms with E-state index < -0.39 is 11.9 Å². The molecule has 6 rings (SSSR count). The van der Waals surface area contributed by atoms with Crippen LogP contribution in [0.5, 0.6) is 0 Å². The Balaban J connectivity index is 1.51. The number of fused-ring (bicyclic) bond motifs is 2. The van der Waals surface area contributed by atoms with Gasteiger partial charge in [-0.2, -0.15) is 4.98 Å². The number of anilines is 3. The first-order chi connectivity index (χ1) is 16.0. The standard InChI is InChI=1S/C24H21FN6O2/c1-13-22(32)29(2)19-12-27-24(28-21(19)30(13)16-6-7-16)31-20(14-4-3-9-26-11-14)17-8-5-15(25)10-18(17)23(31)33/h3-5,8-13,16,20H,6-7H2,1-2H3/t13-,20?/m1/s1. The smallest absolute Gasteiger partial charge is 0.261 e. The Morgan fingerprint density at radius 1 is 1.12 bits per heavy atom. The van der Waals surface area contributed by atoms with E-state index in [1.807, 2.05) is 17.9 Å². The molecule has 0 bridgehead atoms. The van der Waals surface area contributed by atoms with Crippen LogP contribution in [-0.4, -0.2) is 45.9 Å². The monoisotopic (exact) mass is 444 g/mol. The van der Waals surface area contributed by atoms with E-state index in [4.69, 9.17) is 4.98 Å². The summed E-state index contributed by atoms with van der Waals surface area (Å²) < 4.78 is 14.0. The van der Waals surface area contributed by atoms with Crippen LogP contribution in [0.4, 0.5) is 21.8 Å². The zero-order valence-electron chi connectivity index (χ0n) is 18.1. The molecule has 166 valence electrons. The van der Waals surface area contributed by atoms with Crippen LogP contribution in [0.2, 0.25) is 0 Å². The predicted octanol–water partition coefficient (Wildman–Crippen LogP) is 3.09. The van der Waals surface area contributed by atoms with E-state index in [1.54, 1.807) is 42.7 Å². The molecular weight excluding hydrogens is 423 g/mol. The molecule has 4 heterocycles. The number of pyridine rings is 1. The number of benzene rings is 1. The van der Waals surface area contributed by atoms with Crippen molar-refractivity contribution in [3.63, 3.8) is 0 Å². The van der Waals surface area contributed by atoms with Gasteiger partial charge in [-0.05, 0) is 49.1 Å². The van der Waals surface area contributed by atoms with Gasteiger partial charge in [-0.1, -0.05) is 12.1 Å². The van der Waals surface area contributed by atoms with Crippen molar-refractivity contribution in [3.05, 3.63) is 71.4 Å². The quantitative estimate of drug-likeness (QED) is 0.618. The van der Waals surface area contributed by atoms with Crippen molar-refractivity contribution in [2.24, 2.45) is 0 Å². The van der Waals surface area contributed by atoms with Gasteiger partial charge in [-0.25, -0.2) is 9.37 Å². The van der Waals surface area contributed by atoms with E-state index in [0.29, 0.717) is 17.1 Å². The Hall–Kier alpha value is -3.88. The Bertz CT molecular complexity index is 1300. The van der Waals surface area contributed by atoms with Gasteiger partial charge in [0.25, 0.3) is 5.91 Å². The van der Waals surface area contributed by atoms with Crippen LogP contribution in [-0.2, 0) is 4.79 Å². The minimum absolute atomic E-state index is 0.0147. The summed E-state index contributed by atoms with van der Waals surface area (Å²) in [5.74, 6) is -0.0143. The second kappa shape index (κ2) is 7.06. The molecule has 1 aliphatic carbocycles. The van der Waals surface area contributed by atoms with Crippen LogP contribution in [0.15, 0.2) is 48.9 Å². The van der Waals surface area contributed by atoms with Crippen molar-refractivity contribution in [3.8, 4) is 0 Å². The molecule has 1 saturated carbocycles. The fourth-order valence-corrected chi connectivity index (χ4v) is 4.85. The lowest BCUT2D eigenvalue weighted by molar-refractivity contribution is -0.119. The molecule has 1 aromatic carbocycles. The summed E-state index contributed by atoms with van der Waals surface area (Å²) in [6.45, 7) is 1.87. The second-order valence-corrected chi connectivity index (χ2v) is 8.69. The minimum Gasteiger partial charge on any atom is -0.340 e. The summed E-state index contributed by atoms with van der Waals surface area (Å²) in [6.07, 6.45) is 6.92. The number of carbonyl (C=O) groups excluding carboxylic acids is 2. The van der Waals surface area contributed by atoms with Gasteiger partial charge in [0.1, 0.15) is 17.5 Å².